The highest BCUT2D eigenvalue weighted by atomic mass is 15.0. The molecular weight excluding hydrogens is 162 g/mol. The van der Waals surface area contributed by atoms with Crippen LogP contribution >= 0.6 is 0 Å². The Bertz CT molecular complexity index is 237. The maximum atomic E-state index is 3.59. The van der Waals surface area contributed by atoms with Gasteiger partial charge in [0.1, 0.15) is 0 Å². The van der Waals surface area contributed by atoms with E-state index >= 15 is 0 Å². The largest absolute Gasteiger partial charge is 0.364 e. The molecule has 1 aliphatic rings. The fourth-order valence-corrected chi connectivity index (χ4v) is 1.85. The molecule has 0 aliphatic carbocycles. The number of hydrogen-bond acceptors (Lipinski definition) is 2. The molecule has 1 fully saturated rings. The van der Waals surface area contributed by atoms with Crippen LogP contribution in [0.2, 0.25) is 0 Å². The lowest BCUT2D eigenvalue weighted by Crippen LogP contribution is -2.33. The Kier molecular flexibility index (Phi) is 2.66. The van der Waals surface area contributed by atoms with E-state index in [2.05, 4.69) is 28.6 Å². The van der Waals surface area contributed by atoms with Crippen molar-refractivity contribution in [3.8, 4) is 0 Å². The van der Waals surface area contributed by atoms with E-state index in [0.717, 1.165) is 13.1 Å². The third kappa shape index (κ3) is 2.11. The number of H-pyrrole nitrogens is 1. The van der Waals surface area contributed by atoms with E-state index in [-0.39, 0.29) is 0 Å². The fraction of sp³-hybridized carbons (Fsp3) is 0.600. The Morgan fingerprint density at radius 1 is 1.62 bits per heavy atom. The van der Waals surface area contributed by atoms with Gasteiger partial charge in [0.05, 0.1) is 0 Å². The molecule has 1 aromatic heterocycles. The first-order valence-electron chi connectivity index (χ1n) is 4.96. The maximum Gasteiger partial charge on any atom is 0.0446 e. The third-order valence-electron chi connectivity index (χ3n) is 2.63. The van der Waals surface area contributed by atoms with Crippen molar-refractivity contribution in [3.63, 3.8) is 0 Å². The summed E-state index contributed by atoms with van der Waals surface area (Å²) in [5.74, 6) is 0. The number of aromatic nitrogens is 1. The fourth-order valence-electron chi connectivity index (χ4n) is 1.85. The van der Waals surface area contributed by atoms with Gasteiger partial charge in [0.25, 0.3) is 0 Å². The number of nitrogens with one attached hydrogen (secondary N) is 3. The molecule has 3 N–H and O–H groups in total. The summed E-state index contributed by atoms with van der Waals surface area (Å²) in [4.78, 5) is 3.23. The molecule has 0 radical (unpaired) electrons. The normalized spacial score (nSPS) is 24.8. The molecule has 72 valence electrons. The van der Waals surface area contributed by atoms with Gasteiger partial charge < -0.3 is 15.6 Å². The number of aromatic amines is 1. The van der Waals surface area contributed by atoms with Gasteiger partial charge in [-0.2, -0.15) is 0 Å². The minimum Gasteiger partial charge on any atom is -0.364 e. The lowest BCUT2D eigenvalue weighted by molar-refractivity contribution is 0.472. The second-order valence-corrected chi connectivity index (χ2v) is 3.70. The van der Waals surface area contributed by atoms with Gasteiger partial charge in [-0.05, 0) is 32.0 Å². The van der Waals surface area contributed by atoms with Gasteiger partial charge in [-0.1, -0.05) is 0 Å². The molecule has 2 heterocycles. The molecule has 0 spiro atoms. The van der Waals surface area contributed by atoms with Gasteiger partial charge in [-0.15, -0.1) is 0 Å². The summed E-state index contributed by atoms with van der Waals surface area (Å²) >= 11 is 0. The molecule has 2 rings (SSSR count). The van der Waals surface area contributed by atoms with E-state index in [1.807, 2.05) is 12.3 Å². The summed E-state index contributed by atoms with van der Waals surface area (Å²) in [7, 11) is 0. The van der Waals surface area contributed by atoms with Crippen molar-refractivity contribution in [2.24, 2.45) is 0 Å². The molecule has 3 heteroatoms. The van der Waals surface area contributed by atoms with Crippen molar-refractivity contribution < 1.29 is 0 Å². The summed E-state index contributed by atoms with van der Waals surface area (Å²) in [6, 6.07) is 5.23. The van der Waals surface area contributed by atoms with Crippen molar-refractivity contribution in [1.29, 1.82) is 0 Å². The quantitative estimate of drug-likeness (QED) is 0.648. The van der Waals surface area contributed by atoms with Gasteiger partial charge in [0, 0.05) is 30.5 Å². The van der Waals surface area contributed by atoms with Crippen LogP contribution in [0.4, 0.5) is 0 Å². The first kappa shape index (κ1) is 8.78. The van der Waals surface area contributed by atoms with Crippen molar-refractivity contribution in [1.82, 2.24) is 15.6 Å². The van der Waals surface area contributed by atoms with Crippen LogP contribution in [0, 0.1) is 0 Å². The standard InChI is InChI=1S/C10H17N3/c1-8(10-3-2-5-12-10)13-9-4-6-11-7-9/h2-3,5,8-9,11-13H,4,6-7H2,1H3/t8-,9+/m0/s1. The zero-order valence-corrected chi connectivity index (χ0v) is 8.01. The molecule has 0 bridgehead atoms. The van der Waals surface area contributed by atoms with Crippen molar-refractivity contribution in [2.45, 2.75) is 25.4 Å². The zero-order valence-electron chi connectivity index (χ0n) is 8.01. The molecule has 1 aliphatic heterocycles. The van der Waals surface area contributed by atoms with E-state index in [0.29, 0.717) is 12.1 Å². The number of hydrogen-bond donors (Lipinski definition) is 3. The van der Waals surface area contributed by atoms with Gasteiger partial charge in [0.15, 0.2) is 0 Å². The first-order valence-corrected chi connectivity index (χ1v) is 4.96. The summed E-state index contributed by atoms with van der Waals surface area (Å²) in [6.45, 7) is 4.45. The molecule has 0 amide bonds. The highest BCUT2D eigenvalue weighted by Gasteiger charge is 2.17. The van der Waals surface area contributed by atoms with Crippen LogP contribution in [0.3, 0.4) is 0 Å². The smallest absolute Gasteiger partial charge is 0.0446 e. The Morgan fingerprint density at radius 3 is 3.15 bits per heavy atom. The average molecular weight is 179 g/mol. The third-order valence-corrected chi connectivity index (χ3v) is 2.63. The van der Waals surface area contributed by atoms with E-state index in [9.17, 15) is 0 Å². The Hall–Kier alpha value is -0.800. The van der Waals surface area contributed by atoms with Crippen LogP contribution in [0.5, 0.6) is 0 Å². The maximum absolute atomic E-state index is 3.59. The SMILES string of the molecule is C[C@H](N[C@@H]1CCNC1)c1ccc[nH]1. The topological polar surface area (TPSA) is 39.8 Å². The van der Waals surface area contributed by atoms with Crippen LogP contribution in [0.15, 0.2) is 18.3 Å². The molecular formula is C10H17N3. The van der Waals surface area contributed by atoms with Crippen LogP contribution in [-0.4, -0.2) is 24.1 Å². The highest BCUT2D eigenvalue weighted by Crippen LogP contribution is 2.11. The van der Waals surface area contributed by atoms with Crippen LogP contribution < -0.4 is 10.6 Å². The van der Waals surface area contributed by atoms with Crippen molar-refractivity contribution >= 4 is 0 Å². The lowest BCUT2D eigenvalue weighted by Gasteiger charge is -2.17. The molecule has 0 saturated carbocycles. The number of rotatable bonds is 3. The summed E-state index contributed by atoms with van der Waals surface area (Å²) in [5.41, 5.74) is 1.27. The Labute approximate surface area is 78.9 Å². The van der Waals surface area contributed by atoms with Gasteiger partial charge in [0.2, 0.25) is 0 Å². The monoisotopic (exact) mass is 179 g/mol. The minimum atomic E-state index is 0.430. The second kappa shape index (κ2) is 3.94. The molecule has 3 nitrogen and oxygen atoms in total. The van der Waals surface area contributed by atoms with Crippen LogP contribution in [-0.2, 0) is 0 Å². The zero-order chi connectivity index (χ0) is 9.10. The summed E-state index contributed by atoms with van der Waals surface area (Å²) < 4.78 is 0. The molecule has 1 saturated heterocycles. The average Bonchev–Trinajstić information content (AvgIpc) is 2.74. The van der Waals surface area contributed by atoms with Crippen LogP contribution in [0.25, 0.3) is 0 Å². The van der Waals surface area contributed by atoms with Crippen molar-refractivity contribution in [2.75, 3.05) is 13.1 Å². The van der Waals surface area contributed by atoms with E-state index in [4.69, 9.17) is 0 Å². The summed E-state index contributed by atoms with van der Waals surface area (Å²) in [6.07, 6.45) is 3.21. The molecule has 0 aromatic carbocycles. The van der Waals surface area contributed by atoms with Crippen molar-refractivity contribution in [3.05, 3.63) is 24.0 Å². The highest BCUT2D eigenvalue weighted by molar-refractivity contribution is 5.08. The van der Waals surface area contributed by atoms with E-state index in [1.54, 1.807) is 0 Å². The molecule has 1 aromatic rings. The first-order chi connectivity index (χ1) is 6.36. The Morgan fingerprint density at radius 2 is 2.54 bits per heavy atom. The van der Waals surface area contributed by atoms with E-state index < -0.39 is 0 Å². The molecule has 0 unspecified atom stereocenters. The summed E-state index contributed by atoms with van der Waals surface area (Å²) in [5, 5.41) is 6.94. The predicted molar refractivity (Wildman–Crippen MR) is 53.6 cm³/mol. The Balaban J connectivity index is 1.87. The molecule has 2 atom stereocenters. The molecule has 13 heavy (non-hydrogen) atoms. The van der Waals surface area contributed by atoms with Crippen LogP contribution in [0.1, 0.15) is 25.1 Å². The second-order valence-electron chi connectivity index (χ2n) is 3.70. The van der Waals surface area contributed by atoms with E-state index in [1.165, 1.54) is 12.1 Å². The predicted octanol–water partition coefficient (Wildman–Crippen LogP) is 1.03. The van der Waals surface area contributed by atoms with Gasteiger partial charge in [-0.3, -0.25) is 0 Å². The van der Waals surface area contributed by atoms with Gasteiger partial charge >= 0.3 is 0 Å². The van der Waals surface area contributed by atoms with Gasteiger partial charge in [-0.25, -0.2) is 0 Å². The lowest BCUT2D eigenvalue weighted by atomic mass is 10.2. The minimum absolute atomic E-state index is 0.430.